The van der Waals surface area contributed by atoms with Gasteiger partial charge in [0.1, 0.15) is 17.8 Å². The van der Waals surface area contributed by atoms with Gasteiger partial charge in [-0.25, -0.2) is 23.5 Å². The van der Waals surface area contributed by atoms with E-state index in [0.717, 1.165) is 48.3 Å². The topological polar surface area (TPSA) is 105 Å². The third-order valence-electron chi connectivity index (χ3n) is 4.37. The van der Waals surface area contributed by atoms with E-state index < -0.39 is 10.0 Å². The number of aromatic nitrogens is 3. The molecule has 3 heterocycles. The molecule has 0 aliphatic carbocycles. The lowest BCUT2D eigenvalue weighted by Crippen LogP contribution is -2.35. The summed E-state index contributed by atoms with van der Waals surface area (Å²) in [6.07, 6.45) is 6.10. The van der Waals surface area contributed by atoms with Crippen molar-refractivity contribution in [2.75, 3.05) is 23.7 Å². The van der Waals surface area contributed by atoms with Gasteiger partial charge in [-0.1, -0.05) is 0 Å². The number of piperidine rings is 1. The van der Waals surface area contributed by atoms with Gasteiger partial charge < -0.3 is 9.88 Å². The molecule has 0 radical (unpaired) electrons. The first-order valence-corrected chi connectivity index (χ1v) is 9.19. The average Bonchev–Trinajstić information content (AvgIpc) is 2.87. The molecule has 23 heavy (non-hydrogen) atoms. The minimum atomic E-state index is -3.35. The Bertz CT molecular complexity index is 769. The number of aromatic amines is 1. The number of nitrogens with one attached hydrogen (secondary N) is 1. The Morgan fingerprint density at radius 1 is 1.35 bits per heavy atom. The third kappa shape index (κ3) is 4.13. The summed E-state index contributed by atoms with van der Waals surface area (Å²) in [6.45, 7) is 3.81. The summed E-state index contributed by atoms with van der Waals surface area (Å²) in [5.74, 6) is 1.46. The van der Waals surface area contributed by atoms with Crippen LogP contribution in [-0.2, 0) is 10.0 Å². The molecule has 0 spiro atoms. The maximum absolute atomic E-state index is 11.1. The summed E-state index contributed by atoms with van der Waals surface area (Å²) >= 11 is 0. The molecule has 128 valence electrons. The van der Waals surface area contributed by atoms with Crippen LogP contribution in [0.15, 0.2) is 12.5 Å². The van der Waals surface area contributed by atoms with Crippen molar-refractivity contribution in [2.24, 2.45) is 11.1 Å². The van der Waals surface area contributed by atoms with Gasteiger partial charge >= 0.3 is 0 Å². The highest BCUT2D eigenvalue weighted by Gasteiger charge is 2.23. The Morgan fingerprint density at radius 3 is 2.70 bits per heavy atom. The molecule has 1 fully saturated rings. The molecule has 1 aliphatic heterocycles. The van der Waals surface area contributed by atoms with E-state index in [1.807, 2.05) is 13.1 Å². The highest BCUT2D eigenvalue weighted by molar-refractivity contribution is 7.89. The molecule has 9 heteroatoms. The molecule has 2 aromatic rings. The third-order valence-corrected chi connectivity index (χ3v) is 5.18. The fraction of sp³-hybridized carbons (Fsp3) is 0.571. The lowest BCUT2D eigenvalue weighted by Gasteiger charge is -2.33. The van der Waals surface area contributed by atoms with Crippen LogP contribution in [0.3, 0.4) is 0 Å². The number of nitrogens with zero attached hydrogens (tertiary/aromatic N) is 3. The molecule has 1 aliphatic rings. The van der Waals surface area contributed by atoms with Crippen molar-refractivity contribution >= 4 is 39.3 Å². The van der Waals surface area contributed by atoms with E-state index in [2.05, 4.69) is 19.9 Å². The summed E-state index contributed by atoms with van der Waals surface area (Å²) in [6, 6.07) is 0. The summed E-state index contributed by atoms with van der Waals surface area (Å²) in [4.78, 5) is 14.1. The van der Waals surface area contributed by atoms with Gasteiger partial charge in [-0.3, -0.25) is 0 Å². The minimum absolute atomic E-state index is 0. The second-order valence-corrected chi connectivity index (χ2v) is 7.71. The van der Waals surface area contributed by atoms with Crippen molar-refractivity contribution in [2.45, 2.75) is 26.2 Å². The van der Waals surface area contributed by atoms with E-state index in [1.54, 1.807) is 6.33 Å². The van der Waals surface area contributed by atoms with Crippen LogP contribution in [0.25, 0.3) is 11.0 Å². The van der Waals surface area contributed by atoms with Gasteiger partial charge in [0, 0.05) is 19.3 Å². The molecule has 1 saturated heterocycles. The second-order valence-electron chi connectivity index (χ2n) is 5.98. The zero-order chi connectivity index (χ0) is 15.7. The van der Waals surface area contributed by atoms with Crippen LogP contribution < -0.4 is 10.0 Å². The standard InChI is InChI=1S/C14H21N5O2S.ClH/c1-10-8-16-13-12(10)14(18-9-17-13)19-5-2-11(3-6-19)4-7-22(15,20)21;/h8-9,11H,2-7H2,1H3,(H2,15,20,21)(H,16,17,18);1H. The van der Waals surface area contributed by atoms with Crippen LogP contribution in [0.1, 0.15) is 24.8 Å². The maximum atomic E-state index is 11.1. The highest BCUT2D eigenvalue weighted by atomic mass is 35.5. The smallest absolute Gasteiger partial charge is 0.209 e. The zero-order valence-electron chi connectivity index (χ0n) is 13.0. The Labute approximate surface area is 142 Å². The molecule has 2 aromatic heterocycles. The van der Waals surface area contributed by atoms with Gasteiger partial charge in [-0.15, -0.1) is 12.4 Å². The molecule has 7 nitrogen and oxygen atoms in total. The van der Waals surface area contributed by atoms with Crippen LogP contribution in [0, 0.1) is 12.8 Å². The van der Waals surface area contributed by atoms with Gasteiger partial charge in [-0.05, 0) is 37.7 Å². The Hall–Kier alpha value is -1.38. The van der Waals surface area contributed by atoms with Crippen LogP contribution >= 0.6 is 12.4 Å². The molecule has 3 N–H and O–H groups in total. The predicted molar refractivity (Wildman–Crippen MR) is 93.4 cm³/mol. The summed E-state index contributed by atoms with van der Waals surface area (Å²) < 4.78 is 22.1. The normalized spacial score (nSPS) is 16.5. The zero-order valence-corrected chi connectivity index (χ0v) is 14.7. The molecular formula is C14H22ClN5O2S. The van der Waals surface area contributed by atoms with Crippen molar-refractivity contribution in [3.05, 3.63) is 18.1 Å². The van der Waals surface area contributed by atoms with Gasteiger partial charge in [-0.2, -0.15) is 0 Å². The van der Waals surface area contributed by atoms with E-state index >= 15 is 0 Å². The number of fused-ring (bicyclic) bond motifs is 1. The maximum Gasteiger partial charge on any atom is 0.209 e. The number of sulfonamides is 1. The lowest BCUT2D eigenvalue weighted by atomic mass is 9.94. The van der Waals surface area contributed by atoms with Crippen molar-refractivity contribution in [1.82, 2.24) is 15.0 Å². The van der Waals surface area contributed by atoms with Gasteiger partial charge in [0.15, 0.2) is 0 Å². The van der Waals surface area contributed by atoms with Crippen LogP contribution in [0.4, 0.5) is 5.82 Å². The molecule has 3 rings (SSSR count). The Morgan fingerprint density at radius 2 is 2.04 bits per heavy atom. The van der Waals surface area contributed by atoms with E-state index in [0.29, 0.717) is 12.3 Å². The van der Waals surface area contributed by atoms with Crippen molar-refractivity contribution in [3.8, 4) is 0 Å². The van der Waals surface area contributed by atoms with Crippen molar-refractivity contribution in [3.63, 3.8) is 0 Å². The Balaban J connectivity index is 0.00000192. The first kappa shape index (κ1) is 18.0. The van der Waals surface area contributed by atoms with E-state index in [1.165, 1.54) is 0 Å². The van der Waals surface area contributed by atoms with Gasteiger partial charge in [0.2, 0.25) is 10.0 Å². The quantitative estimate of drug-likeness (QED) is 0.862. The summed E-state index contributed by atoms with van der Waals surface area (Å²) in [7, 11) is -3.35. The number of hydrogen-bond donors (Lipinski definition) is 2. The number of aryl methyl sites for hydroxylation is 1. The highest BCUT2D eigenvalue weighted by Crippen LogP contribution is 2.30. The minimum Gasteiger partial charge on any atom is -0.356 e. The first-order valence-electron chi connectivity index (χ1n) is 7.48. The monoisotopic (exact) mass is 359 g/mol. The number of rotatable bonds is 4. The number of H-pyrrole nitrogens is 1. The summed E-state index contributed by atoms with van der Waals surface area (Å²) in [5.41, 5.74) is 2.00. The molecule has 0 aromatic carbocycles. The largest absolute Gasteiger partial charge is 0.356 e. The molecular weight excluding hydrogens is 338 g/mol. The van der Waals surface area contributed by atoms with Crippen LogP contribution in [-0.4, -0.2) is 42.2 Å². The molecule has 0 amide bonds. The molecule has 0 saturated carbocycles. The Kier molecular flexibility index (Phi) is 5.49. The second kappa shape index (κ2) is 7.02. The van der Waals surface area contributed by atoms with E-state index in [4.69, 9.17) is 5.14 Å². The predicted octanol–water partition coefficient (Wildman–Crippen LogP) is 1.58. The number of primary sulfonamides is 1. The van der Waals surface area contributed by atoms with E-state index in [-0.39, 0.29) is 18.2 Å². The average molecular weight is 360 g/mol. The fourth-order valence-corrected chi connectivity index (χ4v) is 3.76. The number of anilines is 1. The SMILES string of the molecule is Cc1c[nH]c2ncnc(N3CCC(CCS(N)(=O)=O)CC3)c12.Cl. The molecule has 0 unspecified atom stereocenters. The van der Waals surface area contributed by atoms with E-state index in [9.17, 15) is 8.42 Å². The van der Waals surface area contributed by atoms with Crippen molar-refractivity contribution in [1.29, 1.82) is 0 Å². The van der Waals surface area contributed by atoms with Crippen LogP contribution in [0.5, 0.6) is 0 Å². The number of halogens is 1. The fourth-order valence-electron chi connectivity index (χ4n) is 3.10. The number of hydrogen-bond acceptors (Lipinski definition) is 5. The number of nitrogens with two attached hydrogens (primary N) is 1. The first-order chi connectivity index (χ1) is 10.4. The van der Waals surface area contributed by atoms with Crippen molar-refractivity contribution < 1.29 is 8.42 Å². The van der Waals surface area contributed by atoms with Gasteiger partial charge in [0.05, 0.1) is 11.1 Å². The van der Waals surface area contributed by atoms with Crippen LogP contribution in [0.2, 0.25) is 0 Å². The molecule has 0 bridgehead atoms. The lowest BCUT2D eigenvalue weighted by molar-refractivity contribution is 0.394. The van der Waals surface area contributed by atoms with Gasteiger partial charge in [0.25, 0.3) is 0 Å². The summed E-state index contributed by atoms with van der Waals surface area (Å²) in [5, 5.41) is 6.15. The molecule has 0 atom stereocenters.